The normalized spacial score (nSPS) is 18.5. The maximum atomic E-state index is 11.7. The number of nitrogens with two attached hydrogens (primary N) is 1. The number of nitrogens with one attached hydrogen (secondary N) is 3. The molecule has 0 aliphatic heterocycles. The lowest BCUT2D eigenvalue weighted by Crippen LogP contribution is -2.41. The van der Waals surface area contributed by atoms with Crippen molar-refractivity contribution in [2.75, 3.05) is 10.6 Å². The van der Waals surface area contributed by atoms with Crippen LogP contribution >= 0.6 is 0 Å². The van der Waals surface area contributed by atoms with Gasteiger partial charge < -0.3 is 21.7 Å². The smallest absolute Gasteiger partial charge is 0.273 e. The first-order valence-electron chi connectivity index (χ1n) is 9.52. The number of amides is 2. The summed E-state index contributed by atoms with van der Waals surface area (Å²) < 4.78 is 0. The van der Waals surface area contributed by atoms with Gasteiger partial charge in [0.2, 0.25) is 11.9 Å². The van der Waals surface area contributed by atoms with Crippen LogP contribution in [0.3, 0.4) is 0 Å². The van der Waals surface area contributed by atoms with Crippen molar-refractivity contribution in [1.29, 1.82) is 0 Å². The highest BCUT2D eigenvalue weighted by atomic mass is 16.2. The quantitative estimate of drug-likeness (QED) is 0.527. The lowest BCUT2D eigenvalue weighted by Gasteiger charge is -2.30. The molecule has 2 amide bonds. The predicted octanol–water partition coefficient (Wildman–Crippen LogP) is 2.05. The number of nitrogens with zero attached hydrogens (tertiary/aromatic N) is 3. The van der Waals surface area contributed by atoms with E-state index in [-0.39, 0.29) is 29.5 Å². The molecule has 1 aliphatic rings. The zero-order valence-electron chi connectivity index (χ0n) is 16.3. The summed E-state index contributed by atoms with van der Waals surface area (Å²) in [6.45, 7) is 5.47. The molecule has 1 saturated carbocycles. The minimum Gasteiger partial charge on any atom is -0.364 e. The molecule has 1 aromatic heterocycles. The molecule has 0 bridgehead atoms. The number of carbonyl (C=O) groups excluding carboxylic acids is 2. The first-order chi connectivity index (χ1) is 13.9. The highest BCUT2D eigenvalue weighted by Gasteiger charge is 2.24. The number of anilines is 3. The molecule has 152 valence electrons. The van der Waals surface area contributed by atoms with Crippen molar-refractivity contribution in [3.63, 3.8) is 0 Å². The minimum absolute atomic E-state index is 0.0316. The van der Waals surface area contributed by atoms with Crippen LogP contribution in [0, 0.1) is 6.92 Å². The fourth-order valence-corrected chi connectivity index (χ4v) is 3.31. The second-order valence-corrected chi connectivity index (χ2v) is 7.11. The van der Waals surface area contributed by atoms with Gasteiger partial charge in [-0.25, -0.2) is 0 Å². The zero-order valence-corrected chi connectivity index (χ0v) is 16.3. The van der Waals surface area contributed by atoms with E-state index in [1.165, 1.54) is 6.08 Å². The Morgan fingerprint density at radius 1 is 1.17 bits per heavy atom. The van der Waals surface area contributed by atoms with Crippen LogP contribution < -0.4 is 21.7 Å². The fraction of sp³-hybridized carbons (Fsp3) is 0.350. The van der Waals surface area contributed by atoms with Crippen molar-refractivity contribution < 1.29 is 9.59 Å². The average Bonchev–Trinajstić information content (AvgIpc) is 2.70. The molecule has 9 heteroatoms. The predicted molar refractivity (Wildman–Crippen MR) is 111 cm³/mol. The van der Waals surface area contributed by atoms with Crippen molar-refractivity contribution in [1.82, 2.24) is 20.5 Å². The number of hydrogen-bond acceptors (Lipinski definition) is 7. The van der Waals surface area contributed by atoms with Gasteiger partial charge in [-0.2, -0.15) is 4.98 Å². The van der Waals surface area contributed by atoms with Crippen LogP contribution in [-0.4, -0.2) is 39.1 Å². The summed E-state index contributed by atoms with van der Waals surface area (Å²) >= 11 is 0. The standard InChI is InChI=1S/C20H25N7O2/c1-3-16(28)22-14-5-4-6-15(11-14)24-20-25-19(17(18(21)29)26-27-20)23-13-9-7-12(2)8-10-13/h3,7-10,14-15H,1,4-6,11H2,2H3,(H2,21,29)(H,22,28)(H2,23,24,25,27)/t14?,15-/m1/s1. The van der Waals surface area contributed by atoms with E-state index < -0.39 is 5.91 Å². The Kier molecular flexibility index (Phi) is 6.38. The molecular formula is C20H25N7O2. The molecule has 29 heavy (non-hydrogen) atoms. The molecule has 1 heterocycles. The number of rotatable bonds is 7. The van der Waals surface area contributed by atoms with Gasteiger partial charge in [-0.3, -0.25) is 9.59 Å². The van der Waals surface area contributed by atoms with E-state index in [1.807, 2.05) is 31.2 Å². The van der Waals surface area contributed by atoms with E-state index in [0.29, 0.717) is 5.95 Å². The molecule has 1 aromatic carbocycles. The van der Waals surface area contributed by atoms with Gasteiger partial charge in [-0.15, -0.1) is 10.2 Å². The van der Waals surface area contributed by atoms with Crippen LogP contribution in [0.2, 0.25) is 0 Å². The van der Waals surface area contributed by atoms with Gasteiger partial charge in [-0.05, 0) is 50.8 Å². The number of aryl methyl sites for hydroxylation is 1. The van der Waals surface area contributed by atoms with Crippen LogP contribution in [0.15, 0.2) is 36.9 Å². The zero-order chi connectivity index (χ0) is 20.8. The maximum absolute atomic E-state index is 11.7. The van der Waals surface area contributed by atoms with Gasteiger partial charge in [0.15, 0.2) is 11.5 Å². The third-order valence-electron chi connectivity index (χ3n) is 4.77. The largest absolute Gasteiger partial charge is 0.364 e. The molecule has 0 saturated heterocycles. The second-order valence-electron chi connectivity index (χ2n) is 7.11. The Labute approximate surface area is 169 Å². The third-order valence-corrected chi connectivity index (χ3v) is 4.77. The Bertz CT molecular complexity index is 898. The van der Waals surface area contributed by atoms with Crippen LogP contribution in [0.5, 0.6) is 0 Å². The lowest BCUT2D eigenvalue weighted by atomic mass is 9.91. The van der Waals surface area contributed by atoms with Gasteiger partial charge in [0.05, 0.1) is 0 Å². The monoisotopic (exact) mass is 395 g/mol. The van der Waals surface area contributed by atoms with Crippen LogP contribution in [0.4, 0.5) is 17.5 Å². The van der Waals surface area contributed by atoms with E-state index in [9.17, 15) is 9.59 Å². The summed E-state index contributed by atoms with van der Waals surface area (Å²) in [5, 5.41) is 17.2. The van der Waals surface area contributed by atoms with Crippen molar-refractivity contribution in [3.8, 4) is 0 Å². The molecule has 9 nitrogen and oxygen atoms in total. The molecule has 0 radical (unpaired) electrons. The van der Waals surface area contributed by atoms with Gasteiger partial charge >= 0.3 is 0 Å². The Hall–Kier alpha value is -3.49. The molecule has 3 rings (SSSR count). The van der Waals surface area contributed by atoms with Crippen molar-refractivity contribution in [3.05, 3.63) is 48.2 Å². The number of primary amides is 1. The molecule has 2 aromatic rings. The van der Waals surface area contributed by atoms with Crippen LogP contribution in [0.1, 0.15) is 41.7 Å². The van der Waals surface area contributed by atoms with Crippen LogP contribution in [-0.2, 0) is 4.79 Å². The van der Waals surface area contributed by atoms with Crippen molar-refractivity contribution in [2.24, 2.45) is 5.73 Å². The lowest BCUT2D eigenvalue weighted by molar-refractivity contribution is -0.117. The Balaban J connectivity index is 1.74. The molecule has 2 atom stereocenters. The van der Waals surface area contributed by atoms with Gasteiger partial charge in [0.25, 0.3) is 5.91 Å². The van der Waals surface area contributed by atoms with Gasteiger partial charge in [0.1, 0.15) is 0 Å². The first-order valence-corrected chi connectivity index (χ1v) is 9.52. The molecule has 0 spiro atoms. The number of benzene rings is 1. The van der Waals surface area contributed by atoms with Crippen molar-refractivity contribution >= 4 is 29.3 Å². The summed E-state index contributed by atoms with van der Waals surface area (Å²) in [6.07, 6.45) is 4.80. The highest BCUT2D eigenvalue weighted by Crippen LogP contribution is 2.23. The summed E-state index contributed by atoms with van der Waals surface area (Å²) in [4.78, 5) is 27.7. The topological polar surface area (TPSA) is 135 Å². The Morgan fingerprint density at radius 3 is 2.59 bits per heavy atom. The summed E-state index contributed by atoms with van der Waals surface area (Å²) in [5.41, 5.74) is 7.26. The molecule has 1 fully saturated rings. The molecule has 1 unspecified atom stereocenters. The molecular weight excluding hydrogens is 370 g/mol. The van der Waals surface area contributed by atoms with Gasteiger partial charge in [0, 0.05) is 17.8 Å². The van der Waals surface area contributed by atoms with E-state index in [1.54, 1.807) is 0 Å². The van der Waals surface area contributed by atoms with E-state index in [4.69, 9.17) is 5.73 Å². The summed E-state index contributed by atoms with van der Waals surface area (Å²) in [5.74, 6) is -0.350. The number of aromatic nitrogens is 3. The third kappa shape index (κ3) is 5.50. The molecule has 1 aliphatic carbocycles. The van der Waals surface area contributed by atoms with Crippen molar-refractivity contribution in [2.45, 2.75) is 44.7 Å². The Morgan fingerprint density at radius 2 is 1.90 bits per heavy atom. The minimum atomic E-state index is -0.712. The van der Waals surface area contributed by atoms with E-state index in [2.05, 4.69) is 37.7 Å². The first kappa shape index (κ1) is 20.2. The highest BCUT2D eigenvalue weighted by molar-refractivity contribution is 5.96. The fourth-order valence-electron chi connectivity index (χ4n) is 3.31. The average molecular weight is 395 g/mol. The number of carbonyl (C=O) groups is 2. The maximum Gasteiger partial charge on any atom is 0.273 e. The molecule has 5 N–H and O–H groups in total. The SMILES string of the molecule is C=CC(=O)NC1CCC[C@@H](Nc2nnc(C(N)=O)c(Nc3ccc(C)cc3)n2)C1. The van der Waals surface area contributed by atoms with E-state index >= 15 is 0 Å². The number of hydrogen-bond donors (Lipinski definition) is 4. The van der Waals surface area contributed by atoms with E-state index in [0.717, 1.165) is 36.9 Å². The van der Waals surface area contributed by atoms with Crippen LogP contribution in [0.25, 0.3) is 0 Å². The summed E-state index contributed by atoms with van der Waals surface area (Å²) in [7, 11) is 0. The van der Waals surface area contributed by atoms with Gasteiger partial charge in [-0.1, -0.05) is 24.3 Å². The second kappa shape index (κ2) is 9.13. The summed E-state index contributed by atoms with van der Waals surface area (Å²) in [6, 6.07) is 7.79.